The molecule has 0 spiro atoms. The molecule has 13 rings (SSSR count). The molecule has 3 nitrogen and oxygen atoms in total. The predicted molar refractivity (Wildman–Crippen MR) is 264 cm³/mol. The number of hydrogen-bond acceptors (Lipinski definition) is 3. The molecule has 0 bridgehead atoms. The third-order valence-electron chi connectivity index (χ3n) is 13.4. The van der Waals surface area contributed by atoms with Crippen molar-refractivity contribution in [1.29, 1.82) is 0 Å². The van der Waals surface area contributed by atoms with Gasteiger partial charge in [-0.05, 0) is 122 Å². The van der Waals surface area contributed by atoms with E-state index in [1.165, 1.54) is 38.9 Å². The first-order chi connectivity index (χ1) is 31.7. The van der Waals surface area contributed by atoms with Gasteiger partial charge in [0.2, 0.25) is 0 Å². The molecule has 0 saturated carbocycles. The number of anilines is 3. The zero-order valence-corrected chi connectivity index (χ0v) is 34.8. The first kappa shape index (κ1) is 36.3. The minimum Gasteiger partial charge on any atom is -0.456 e. The number of nitrogens with zero attached hydrogens (tertiary/aromatic N) is 1. The molecular formula is C61H39NO2. The number of fused-ring (bicyclic) bond motifs is 9. The molecule has 0 unspecified atom stereocenters. The average Bonchev–Trinajstić information content (AvgIpc) is 4.03. The zero-order chi connectivity index (χ0) is 42.2. The van der Waals surface area contributed by atoms with Gasteiger partial charge in [-0.15, -0.1) is 0 Å². The van der Waals surface area contributed by atoms with Gasteiger partial charge >= 0.3 is 0 Å². The third-order valence-corrected chi connectivity index (χ3v) is 13.4. The van der Waals surface area contributed by atoms with Crippen LogP contribution in [-0.2, 0) is 5.41 Å². The summed E-state index contributed by atoms with van der Waals surface area (Å²) in [5, 5.41) is 4.39. The minimum absolute atomic E-state index is 0.547. The summed E-state index contributed by atoms with van der Waals surface area (Å²) in [6.07, 6.45) is 0. The lowest BCUT2D eigenvalue weighted by Crippen LogP contribution is -2.28. The second-order valence-corrected chi connectivity index (χ2v) is 16.8. The molecule has 1 aliphatic rings. The van der Waals surface area contributed by atoms with E-state index in [-0.39, 0.29) is 0 Å². The highest BCUT2D eigenvalue weighted by atomic mass is 16.3. The molecule has 2 heterocycles. The maximum Gasteiger partial charge on any atom is 0.137 e. The van der Waals surface area contributed by atoms with Crippen LogP contribution in [0, 0.1) is 0 Å². The van der Waals surface area contributed by atoms with Crippen molar-refractivity contribution in [1.82, 2.24) is 0 Å². The fraction of sp³-hybridized carbons (Fsp3) is 0.0164. The Hall–Kier alpha value is -8.40. The van der Waals surface area contributed by atoms with Crippen LogP contribution >= 0.6 is 0 Å². The van der Waals surface area contributed by atoms with Crippen LogP contribution in [0.3, 0.4) is 0 Å². The molecule has 0 saturated heterocycles. The Bertz CT molecular complexity index is 3680. The van der Waals surface area contributed by atoms with E-state index < -0.39 is 5.41 Å². The van der Waals surface area contributed by atoms with Crippen molar-refractivity contribution in [2.24, 2.45) is 0 Å². The molecule has 0 radical (unpaired) electrons. The molecule has 0 atom stereocenters. The van der Waals surface area contributed by atoms with Gasteiger partial charge in [0, 0.05) is 27.5 Å². The lowest BCUT2D eigenvalue weighted by atomic mass is 9.67. The van der Waals surface area contributed by atoms with Gasteiger partial charge in [-0.1, -0.05) is 170 Å². The number of rotatable bonds is 7. The van der Waals surface area contributed by atoms with Crippen LogP contribution < -0.4 is 4.90 Å². The average molecular weight is 818 g/mol. The zero-order valence-electron chi connectivity index (χ0n) is 34.8. The number of benzene rings is 10. The Morgan fingerprint density at radius 3 is 1.67 bits per heavy atom. The molecule has 0 fully saturated rings. The lowest BCUT2D eigenvalue weighted by molar-refractivity contribution is 0.668. The summed E-state index contributed by atoms with van der Waals surface area (Å²) in [4.78, 5) is 2.41. The van der Waals surface area contributed by atoms with Gasteiger partial charge in [-0.2, -0.15) is 0 Å². The standard InChI is InChI=1S/C61H39NO2/c1-3-15-40(16-4-1)42-32-36-57-52(37-42)60-55(26-14-28-58(60)63-57)62(46-33-29-41(30-34-46)43-31-35-51-50-23-9-12-27-56(50)64-59(51)38-43)47-20-13-19-45(39-47)61(44-17-5-2-6-18-44)53-24-10-7-21-48(53)49-22-8-11-25-54(49)61/h1-39H. The van der Waals surface area contributed by atoms with E-state index in [0.717, 1.165) is 77.6 Å². The van der Waals surface area contributed by atoms with Gasteiger partial charge in [-0.3, -0.25) is 0 Å². The van der Waals surface area contributed by atoms with Gasteiger partial charge in [0.05, 0.1) is 16.5 Å². The number of hydrogen-bond donors (Lipinski definition) is 0. The summed E-state index contributed by atoms with van der Waals surface area (Å²) in [7, 11) is 0. The summed E-state index contributed by atoms with van der Waals surface area (Å²) >= 11 is 0. The first-order valence-electron chi connectivity index (χ1n) is 21.9. The summed E-state index contributed by atoms with van der Waals surface area (Å²) in [5.41, 5.74) is 18.1. The topological polar surface area (TPSA) is 29.5 Å². The van der Waals surface area contributed by atoms with Crippen molar-refractivity contribution in [3.8, 4) is 33.4 Å². The van der Waals surface area contributed by atoms with E-state index in [1.807, 2.05) is 12.1 Å². The molecule has 3 heteroatoms. The van der Waals surface area contributed by atoms with Crippen molar-refractivity contribution < 1.29 is 8.83 Å². The molecule has 64 heavy (non-hydrogen) atoms. The molecule has 0 amide bonds. The number of para-hydroxylation sites is 1. The minimum atomic E-state index is -0.547. The Labute approximate surface area is 370 Å². The molecule has 12 aromatic rings. The SMILES string of the molecule is c1ccc(-c2ccc3oc4cccc(N(c5ccc(-c6ccc7c(c6)oc6ccccc67)cc5)c5cccc(C6(c7ccccc7)c7ccccc7-c7ccccc76)c5)c4c3c2)cc1. The maximum absolute atomic E-state index is 6.66. The predicted octanol–water partition coefficient (Wildman–Crippen LogP) is 16.7. The molecule has 0 N–H and O–H groups in total. The molecule has 300 valence electrons. The van der Waals surface area contributed by atoms with Crippen LogP contribution in [0.4, 0.5) is 17.1 Å². The van der Waals surface area contributed by atoms with E-state index in [2.05, 4.69) is 229 Å². The lowest BCUT2D eigenvalue weighted by Gasteiger charge is -2.35. The molecule has 0 aliphatic heterocycles. The highest BCUT2D eigenvalue weighted by molar-refractivity contribution is 6.14. The molecule has 2 aromatic heterocycles. The molecule has 1 aliphatic carbocycles. The Balaban J connectivity index is 1.03. The van der Waals surface area contributed by atoms with Crippen LogP contribution in [0.2, 0.25) is 0 Å². The second kappa shape index (κ2) is 14.3. The first-order valence-corrected chi connectivity index (χ1v) is 21.9. The van der Waals surface area contributed by atoms with Gasteiger partial charge in [0.25, 0.3) is 0 Å². The van der Waals surface area contributed by atoms with Crippen LogP contribution in [0.15, 0.2) is 245 Å². The quantitative estimate of drug-likeness (QED) is 0.160. The summed E-state index contributed by atoms with van der Waals surface area (Å²) in [5.74, 6) is 0. The Kier molecular flexibility index (Phi) is 8.13. The molecule has 10 aromatic carbocycles. The van der Waals surface area contributed by atoms with E-state index in [1.54, 1.807) is 0 Å². The van der Waals surface area contributed by atoms with Crippen molar-refractivity contribution in [3.63, 3.8) is 0 Å². The monoisotopic (exact) mass is 817 g/mol. The highest BCUT2D eigenvalue weighted by Crippen LogP contribution is 2.57. The van der Waals surface area contributed by atoms with Gasteiger partial charge < -0.3 is 13.7 Å². The summed E-state index contributed by atoms with van der Waals surface area (Å²) in [6, 6.07) is 85.3. The van der Waals surface area contributed by atoms with E-state index in [0.29, 0.717) is 0 Å². The van der Waals surface area contributed by atoms with E-state index in [9.17, 15) is 0 Å². The van der Waals surface area contributed by atoms with Crippen molar-refractivity contribution in [2.45, 2.75) is 5.41 Å². The summed E-state index contributed by atoms with van der Waals surface area (Å²) in [6.45, 7) is 0. The number of furan rings is 2. The highest BCUT2D eigenvalue weighted by Gasteiger charge is 2.46. The van der Waals surface area contributed by atoms with Crippen LogP contribution in [0.25, 0.3) is 77.3 Å². The fourth-order valence-electron chi connectivity index (χ4n) is 10.5. The van der Waals surface area contributed by atoms with Crippen molar-refractivity contribution >= 4 is 60.9 Å². The van der Waals surface area contributed by atoms with Crippen molar-refractivity contribution in [2.75, 3.05) is 4.90 Å². The normalized spacial score (nSPS) is 12.8. The van der Waals surface area contributed by atoms with Crippen LogP contribution in [-0.4, -0.2) is 0 Å². The third kappa shape index (κ3) is 5.47. The van der Waals surface area contributed by atoms with Gasteiger partial charge in [0.15, 0.2) is 0 Å². The second-order valence-electron chi connectivity index (χ2n) is 16.8. The Morgan fingerprint density at radius 1 is 0.312 bits per heavy atom. The molecular weight excluding hydrogens is 779 g/mol. The Morgan fingerprint density at radius 2 is 0.875 bits per heavy atom. The fourth-order valence-corrected chi connectivity index (χ4v) is 10.5. The van der Waals surface area contributed by atoms with Gasteiger partial charge in [-0.25, -0.2) is 0 Å². The van der Waals surface area contributed by atoms with E-state index >= 15 is 0 Å². The van der Waals surface area contributed by atoms with Crippen LogP contribution in [0.5, 0.6) is 0 Å². The summed E-state index contributed by atoms with van der Waals surface area (Å²) < 4.78 is 13.0. The largest absolute Gasteiger partial charge is 0.456 e. The smallest absolute Gasteiger partial charge is 0.137 e. The van der Waals surface area contributed by atoms with Crippen molar-refractivity contribution in [3.05, 3.63) is 259 Å². The van der Waals surface area contributed by atoms with E-state index in [4.69, 9.17) is 8.83 Å². The van der Waals surface area contributed by atoms with Gasteiger partial charge in [0.1, 0.15) is 22.3 Å². The van der Waals surface area contributed by atoms with Crippen LogP contribution in [0.1, 0.15) is 22.3 Å². The maximum atomic E-state index is 6.66.